The van der Waals surface area contributed by atoms with Gasteiger partial charge in [0.1, 0.15) is 6.04 Å². The van der Waals surface area contributed by atoms with Gasteiger partial charge in [0.2, 0.25) is 11.8 Å². The van der Waals surface area contributed by atoms with Gasteiger partial charge in [0, 0.05) is 12.8 Å². The highest BCUT2D eigenvalue weighted by molar-refractivity contribution is 5.86. The summed E-state index contributed by atoms with van der Waals surface area (Å²) >= 11 is 0. The molecule has 4 N–H and O–H groups in total. The highest BCUT2D eigenvalue weighted by Crippen LogP contribution is 2.13. The van der Waals surface area contributed by atoms with Crippen LogP contribution in [-0.4, -0.2) is 28.9 Å². The van der Waals surface area contributed by atoms with Crippen LogP contribution in [-0.2, 0) is 14.4 Å². The molecule has 0 radical (unpaired) electrons. The molecule has 0 aromatic rings. The molecule has 0 aromatic heterocycles. The molecular weight excluding hydrogens is 344 g/mol. The number of carboxylic acids is 1. The Balaban J connectivity index is 3.51. The SMILES string of the molecule is CCCCCCCCCCCCCCCC(=O)N[C@@H](CCC(=O)O)C(N)=O. The molecule has 6 nitrogen and oxygen atoms in total. The maximum atomic E-state index is 11.8. The van der Waals surface area contributed by atoms with Gasteiger partial charge in [-0.05, 0) is 12.8 Å². The number of carbonyl (C=O) groups is 3. The van der Waals surface area contributed by atoms with Gasteiger partial charge in [-0.3, -0.25) is 14.4 Å². The predicted molar refractivity (Wildman–Crippen MR) is 108 cm³/mol. The maximum absolute atomic E-state index is 11.8. The van der Waals surface area contributed by atoms with Crippen LogP contribution in [0.25, 0.3) is 0 Å². The van der Waals surface area contributed by atoms with Gasteiger partial charge < -0.3 is 16.2 Å². The van der Waals surface area contributed by atoms with Crippen molar-refractivity contribution in [3.05, 3.63) is 0 Å². The molecule has 0 saturated heterocycles. The molecule has 6 heteroatoms. The Morgan fingerprint density at radius 1 is 0.778 bits per heavy atom. The van der Waals surface area contributed by atoms with Gasteiger partial charge in [0.25, 0.3) is 0 Å². The van der Waals surface area contributed by atoms with Gasteiger partial charge in [-0.15, -0.1) is 0 Å². The van der Waals surface area contributed by atoms with Crippen LogP contribution in [0, 0.1) is 0 Å². The zero-order valence-corrected chi connectivity index (χ0v) is 17.1. The molecule has 0 aliphatic heterocycles. The van der Waals surface area contributed by atoms with E-state index in [4.69, 9.17) is 10.8 Å². The lowest BCUT2D eigenvalue weighted by molar-refractivity contribution is -0.137. The van der Waals surface area contributed by atoms with Crippen LogP contribution in [0.4, 0.5) is 0 Å². The lowest BCUT2D eigenvalue weighted by atomic mass is 10.0. The van der Waals surface area contributed by atoms with Crippen LogP contribution in [0.2, 0.25) is 0 Å². The Morgan fingerprint density at radius 2 is 1.22 bits per heavy atom. The Hall–Kier alpha value is -1.59. The Labute approximate surface area is 164 Å². The number of rotatable bonds is 19. The van der Waals surface area contributed by atoms with E-state index < -0.39 is 17.9 Å². The molecule has 0 heterocycles. The lowest BCUT2D eigenvalue weighted by Gasteiger charge is -2.14. The normalized spacial score (nSPS) is 11.9. The maximum Gasteiger partial charge on any atom is 0.303 e. The van der Waals surface area contributed by atoms with Gasteiger partial charge in [-0.25, -0.2) is 0 Å². The number of hydrogen-bond donors (Lipinski definition) is 3. The average Bonchev–Trinajstić information content (AvgIpc) is 2.62. The van der Waals surface area contributed by atoms with Crippen molar-refractivity contribution in [2.45, 2.75) is 116 Å². The summed E-state index contributed by atoms with van der Waals surface area (Å²) < 4.78 is 0. The van der Waals surface area contributed by atoms with Crippen LogP contribution in [0.5, 0.6) is 0 Å². The van der Waals surface area contributed by atoms with Crippen LogP contribution < -0.4 is 11.1 Å². The molecular formula is C21H40N2O4. The zero-order chi connectivity index (χ0) is 20.3. The van der Waals surface area contributed by atoms with Crippen LogP contribution >= 0.6 is 0 Å². The molecule has 0 spiro atoms. The van der Waals surface area contributed by atoms with Crippen molar-refractivity contribution in [2.24, 2.45) is 5.73 Å². The van der Waals surface area contributed by atoms with Crippen LogP contribution in [0.15, 0.2) is 0 Å². The third kappa shape index (κ3) is 17.6. The Bertz CT molecular complexity index is 413. The molecule has 0 rings (SSSR count). The molecule has 0 aliphatic rings. The van der Waals surface area contributed by atoms with Crippen molar-refractivity contribution in [3.63, 3.8) is 0 Å². The highest BCUT2D eigenvalue weighted by Gasteiger charge is 2.18. The minimum absolute atomic E-state index is 0.0367. The van der Waals surface area contributed by atoms with Gasteiger partial charge in [-0.2, -0.15) is 0 Å². The Kier molecular flexibility index (Phi) is 16.8. The van der Waals surface area contributed by atoms with Crippen molar-refractivity contribution in [1.29, 1.82) is 0 Å². The molecule has 158 valence electrons. The number of carboxylic acid groups (broad SMARTS) is 1. The summed E-state index contributed by atoms with van der Waals surface area (Å²) in [5.74, 6) is -1.92. The minimum atomic E-state index is -1.01. The first-order valence-corrected chi connectivity index (χ1v) is 10.8. The highest BCUT2D eigenvalue weighted by atomic mass is 16.4. The second-order valence-electron chi connectivity index (χ2n) is 7.45. The van der Waals surface area contributed by atoms with Gasteiger partial charge in [-0.1, -0.05) is 84.0 Å². The first-order chi connectivity index (χ1) is 13.0. The van der Waals surface area contributed by atoms with Crippen molar-refractivity contribution in [3.8, 4) is 0 Å². The number of nitrogens with two attached hydrogens (primary N) is 1. The number of aliphatic carboxylic acids is 1. The van der Waals surface area contributed by atoms with Gasteiger partial charge in [0.05, 0.1) is 0 Å². The molecule has 2 amide bonds. The average molecular weight is 385 g/mol. The molecule has 0 bridgehead atoms. The summed E-state index contributed by atoms with van der Waals surface area (Å²) in [6, 6.07) is -0.893. The van der Waals surface area contributed by atoms with E-state index in [9.17, 15) is 14.4 Å². The van der Waals surface area contributed by atoms with Crippen molar-refractivity contribution < 1.29 is 19.5 Å². The van der Waals surface area contributed by atoms with Crippen LogP contribution in [0.1, 0.15) is 110 Å². The molecule has 1 atom stereocenters. The van der Waals surface area contributed by atoms with Crippen molar-refractivity contribution in [2.75, 3.05) is 0 Å². The molecule has 0 saturated carbocycles. The molecule has 0 aromatic carbocycles. The van der Waals surface area contributed by atoms with E-state index in [2.05, 4.69) is 12.2 Å². The smallest absolute Gasteiger partial charge is 0.303 e. The summed E-state index contributed by atoms with van der Waals surface area (Å²) in [6.07, 6.45) is 16.4. The second-order valence-corrected chi connectivity index (χ2v) is 7.45. The summed E-state index contributed by atoms with van der Waals surface area (Å²) in [7, 11) is 0. The molecule has 0 fully saturated rings. The van der Waals surface area contributed by atoms with Crippen LogP contribution in [0.3, 0.4) is 0 Å². The number of primary amides is 1. The fraction of sp³-hybridized carbons (Fsp3) is 0.857. The quantitative estimate of drug-likeness (QED) is 0.288. The van der Waals surface area contributed by atoms with E-state index in [-0.39, 0.29) is 18.7 Å². The van der Waals surface area contributed by atoms with E-state index in [1.807, 2.05) is 0 Å². The monoisotopic (exact) mass is 384 g/mol. The first kappa shape index (κ1) is 25.4. The third-order valence-electron chi connectivity index (χ3n) is 4.83. The van der Waals surface area contributed by atoms with E-state index in [1.54, 1.807) is 0 Å². The molecule has 0 unspecified atom stereocenters. The fourth-order valence-corrected chi connectivity index (χ4v) is 3.12. The molecule has 27 heavy (non-hydrogen) atoms. The first-order valence-electron chi connectivity index (χ1n) is 10.8. The minimum Gasteiger partial charge on any atom is -0.481 e. The summed E-state index contributed by atoms with van der Waals surface area (Å²) in [6.45, 7) is 2.24. The molecule has 0 aliphatic carbocycles. The van der Waals surface area contributed by atoms with E-state index in [0.29, 0.717) is 6.42 Å². The number of unbranched alkanes of at least 4 members (excludes halogenated alkanes) is 12. The van der Waals surface area contributed by atoms with E-state index in [1.165, 1.54) is 64.2 Å². The summed E-state index contributed by atoms with van der Waals surface area (Å²) in [5, 5.41) is 11.2. The van der Waals surface area contributed by atoms with Crippen molar-refractivity contribution >= 4 is 17.8 Å². The number of amides is 2. The Morgan fingerprint density at radius 3 is 1.63 bits per heavy atom. The predicted octanol–water partition coefficient (Wildman–Crippen LogP) is 4.30. The van der Waals surface area contributed by atoms with E-state index >= 15 is 0 Å². The van der Waals surface area contributed by atoms with E-state index in [0.717, 1.165) is 19.3 Å². The zero-order valence-electron chi connectivity index (χ0n) is 17.1. The van der Waals surface area contributed by atoms with Crippen molar-refractivity contribution in [1.82, 2.24) is 5.32 Å². The fourth-order valence-electron chi connectivity index (χ4n) is 3.12. The topological polar surface area (TPSA) is 109 Å². The largest absolute Gasteiger partial charge is 0.481 e. The third-order valence-corrected chi connectivity index (χ3v) is 4.83. The van der Waals surface area contributed by atoms with Gasteiger partial charge >= 0.3 is 5.97 Å². The standard InChI is InChI=1S/C21H40N2O4/c1-2-3-4-5-6-7-8-9-10-11-12-13-14-15-19(24)23-18(21(22)27)16-17-20(25)26/h18H,2-17H2,1H3,(H2,22,27)(H,23,24)(H,25,26)/t18-/m0/s1. The summed E-state index contributed by atoms with van der Waals surface area (Å²) in [4.78, 5) is 33.6. The number of nitrogens with one attached hydrogen (secondary N) is 1. The second kappa shape index (κ2) is 17.8. The number of hydrogen-bond acceptors (Lipinski definition) is 3. The van der Waals surface area contributed by atoms with Gasteiger partial charge in [0.15, 0.2) is 0 Å². The lowest BCUT2D eigenvalue weighted by Crippen LogP contribution is -2.44. The number of carbonyl (C=O) groups excluding carboxylic acids is 2. The summed E-state index contributed by atoms with van der Waals surface area (Å²) in [5.41, 5.74) is 5.20.